The molecule has 21 heavy (non-hydrogen) atoms. The molecule has 0 bridgehead atoms. The van der Waals surface area contributed by atoms with Crippen molar-refractivity contribution in [2.45, 2.75) is 26.4 Å². The predicted molar refractivity (Wildman–Crippen MR) is 79.3 cm³/mol. The molecule has 0 radical (unpaired) electrons. The van der Waals surface area contributed by atoms with Crippen LogP contribution in [-0.4, -0.2) is 31.6 Å². The first-order valence-corrected chi connectivity index (χ1v) is 6.92. The fraction of sp³-hybridized carbons (Fsp3) is 0.375. The summed E-state index contributed by atoms with van der Waals surface area (Å²) in [5, 5.41) is 0. The Hall–Kier alpha value is -2.30. The molecule has 1 aromatic carbocycles. The van der Waals surface area contributed by atoms with Crippen LogP contribution in [0.5, 0.6) is 5.75 Å². The number of ether oxygens (including phenoxy) is 2. The number of para-hydroxylation sites is 2. The number of amides is 1. The number of anilines is 1. The smallest absolute Gasteiger partial charge is 0.333 e. The Morgan fingerprint density at radius 3 is 2.81 bits per heavy atom. The van der Waals surface area contributed by atoms with E-state index in [-0.39, 0.29) is 11.9 Å². The van der Waals surface area contributed by atoms with Crippen molar-refractivity contribution in [2.75, 3.05) is 18.6 Å². The number of esters is 1. The quantitative estimate of drug-likeness (QED) is 0.630. The van der Waals surface area contributed by atoms with Gasteiger partial charge in [0.2, 0.25) is 0 Å². The van der Waals surface area contributed by atoms with Gasteiger partial charge in [0.1, 0.15) is 5.75 Å². The zero-order chi connectivity index (χ0) is 15.4. The van der Waals surface area contributed by atoms with Crippen molar-refractivity contribution in [3.63, 3.8) is 0 Å². The van der Waals surface area contributed by atoms with E-state index >= 15 is 0 Å². The lowest BCUT2D eigenvalue weighted by molar-refractivity contribution is -0.136. The SMILES string of the molecule is CCC(=CCN1C(=O)C(C)Oc2ccccc21)C(=O)OC. The van der Waals surface area contributed by atoms with Crippen LogP contribution >= 0.6 is 0 Å². The first kappa shape index (κ1) is 15.1. The van der Waals surface area contributed by atoms with Crippen LogP contribution in [0.25, 0.3) is 0 Å². The fourth-order valence-corrected chi connectivity index (χ4v) is 2.25. The Morgan fingerprint density at radius 2 is 2.14 bits per heavy atom. The molecule has 112 valence electrons. The van der Waals surface area contributed by atoms with Gasteiger partial charge in [0.15, 0.2) is 6.10 Å². The van der Waals surface area contributed by atoms with Crippen LogP contribution in [0.15, 0.2) is 35.9 Å². The van der Waals surface area contributed by atoms with Crippen LogP contribution in [0, 0.1) is 0 Å². The van der Waals surface area contributed by atoms with E-state index in [4.69, 9.17) is 9.47 Å². The van der Waals surface area contributed by atoms with Gasteiger partial charge < -0.3 is 14.4 Å². The molecular weight excluding hydrogens is 270 g/mol. The molecular formula is C16H19NO4. The highest BCUT2D eigenvalue weighted by Gasteiger charge is 2.30. The van der Waals surface area contributed by atoms with E-state index in [0.717, 1.165) is 5.69 Å². The Morgan fingerprint density at radius 1 is 1.43 bits per heavy atom. The average Bonchev–Trinajstić information content (AvgIpc) is 2.50. The van der Waals surface area contributed by atoms with Gasteiger partial charge in [-0.2, -0.15) is 0 Å². The van der Waals surface area contributed by atoms with Gasteiger partial charge in [-0.25, -0.2) is 4.79 Å². The van der Waals surface area contributed by atoms with E-state index in [2.05, 4.69) is 0 Å². The Balaban J connectivity index is 2.28. The van der Waals surface area contributed by atoms with Crippen LogP contribution in [0.1, 0.15) is 20.3 Å². The summed E-state index contributed by atoms with van der Waals surface area (Å²) in [4.78, 5) is 25.5. The second-order valence-corrected chi connectivity index (χ2v) is 4.75. The van der Waals surface area contributed by atoms with Crippen LogP contribution in [0.4, 0.5) is 5.69 Å². The van der Waals surface area contributed by atoms with Crippen molar-refractivity contribution in [3.8, 4) is 5.75 Å². The lowest BCUT2D eigenvalue weighted by Gasteiger charge is -2.32. The topological polar surface area (TPSA) is 55.8 Å². The van der Waals surface area contributed by atoms with Crippen LogP contribution < -0.4 is 9.64 Å². The molecule has 0 N–H and O–H groups in total. The van der Waals surface area contributed by atoms with Gasteiger partial charge in [-0.05, 0) is 25.5 Å². The number of hydrogen-bond donors (Lipinski definition) is 0. The third-order valence-corrected chi connectivity index (χ3v) is 3.42. The number of carbonyl (C=O) groups is 2. The molecule has 5 nitrogen and oxygen atoms in total. The van der Waals surface area contributed by atoms with Gasteiger partial charge in [0.25, 0.3) is 5.91 Å². The molecule has 1 atom stereocenters. The lowest BCUT2D eigenvalue weighted by Crippen LogP contribution is -2.44. The van der Waals surface area contributed by atoms with Crippen molar-refractivity contribution < 1.29 is 19.1 Å². The normalized spacial score (nSPS) is 18.0. The summed E-state index contributed by atoms with van der Waals surface area (Å²) in [5.41, 5.74) is 1.28. The van der Waals surface area contributed by atoms with Crippen molar-refractivity contribution in [2.24, 2.45) is 0 Å². The summed E-state index contributed by atoms with van der Waals surface area (Å²) in [6.07, 6.45) is 1.76. The van der Waals surface area contributed by atoms with Gasteiger partial charge in [-0.3, -0.25) is 4.79 Å². The molecule has 0 saturated heterocycles. The van der Waals surface area contributed by atoms with Crippen molar-refractivity contribution in [1.29, 1.82) is 0 Å². The first-order valence-electron chi connectivity index (χ1n) is 6.92. The molecule has 0 aliphatic carbocycles. The third-order valence-electron chi connectivity index (χ3n) is 3.42. The van der Waals surface area contributed by atoms with Crippen LogP contribution in [0.3, 0.4) is 0 Å². The molecule has 1 aliphatic rings. The molecule has 1 aromatic rings. The maximum Gasteiger partial charge on any atom is 0.333 e. The summed E-state index contributed by atoms with van der Waals surface area (Å²) < 4.78 is 10.3. The number of rotatable bonds is 4. The Kier molecular flexibility index (Phi) is 4.62. The predicted octanol–water partition coefficient (Wildman–Crippen LogP) is 2.31. The van der Waals surface area contributed by atoms with E-state index in [1.165, 1.54) is 7.11 Å². The number of fused-ring (bicyclic) bond motifs is 1. The van der Waals surface area contributed by atoms with Crippen molar-refractivity contribution in [1.82, 2.24) is 0 Å². The van der Waals surface area contributed by atoms with E-state index in [0.29, 0.717) is 24.3 Å². The van der Waals surface area contributed by atoms with E-state index in [1.807, 2.05) is 31.2 Å². The molecule has 1 amide bonds. The summed E-state index contributed by atoms with van der Waals surface area (Å²) >= 11 is 0. The van der Waals surface area contributed by atoms with E-state index in [1.54, 1.807) is 17.9 Å². The molecule has 0 aromatic heterocycles. The van der Waals surface area contributed by atoms with Gasteiger partial charge in [-0.15, -0.1) is 0 Å². The third kappa shape index (κ3) is 3.07. The molecule has 0 spiro atoms. The first-order chi connectivity index (χ1) is 10.1. The van der Waals surface area contributed by atoms with Gasteiger partial charge in [0.05, 0.1) is 12.8 Å². The van der Waals surface area contributed by atoms with E-state index in [9.17, 15) is 9.59 Å². The van der Waals surface area contributed by atoms with Gasteiger partial charge in [0, 0.05) is 12.1 Å². The number of nitrogens with zero attached hydrogens (tertiary/aromatic N) is 1. The summed E-state index contributed by atoms with van der Waals surface area (Å²) in [5.74, 6) is 0.193. The van der Waals surface area contributed by atoms with Gasteiger partial charge >= 0.3 is 5.97 Å². The molecule has 1 heterocycles. The Labute approximate surface area is 124 Å². The highest BCUT2D eigenvalue weighted by molar-refractivity contribution is 6.00. The molecule has 0 fully saturated rings. The number of benzene rings is 1. The molecule has 0 saturated carbocycles. The van der Waals surface area contributed by atoms with E-state index < -0.39 is 6.10 Å². The lowest BCUT2D eigenvalue weighted by atomic mass is 10.1. The largest absolute Gasteiger partial charge is 0.479 e. The van der Waals surface area contributed by atoms with Crippen LogP contribution in [-0.2, 0) is 14.3 Å². The zero-order valence-corrected chi connectivity index (χ0v) is 12.5. The van der Waals surface area contributed by atoms with Crippen molar-refractivity contribution >= 4 is 17.6 Å². The zero-order valence-electron chi connectivity index (χ0n) is 12.5. The standard InChI is InChI=1S/C16H19NO4/c1-4-12(16(19)20-3)9-10-17-13-7-5-6-8-14(13)21-11(2)15(17)18/h5-9,11H,4,10H2,1-3H3. The molecule has 2 rings (SSSR count). The summed E-state index contributed by atoms with van der Waals surface area (Å²) in [6, 6.07) is 7.37. The minimum absolute atomic E-state index is 0.120. The minimum atomic E-state index is -0.531. The summed E-state index contributed by atoms with van der Waals surface area (Å²) in [7, 11) is 1.35. The Bertz CT molecular complexity index is 579. The number of carbonyl (C=O) groups excluding carboxylic acids is 2. The second kappa shape index (κ2) is 6.43. The van der Waals surface area contributed by atoms with Gasteiger partial charge in [-0.1, -0.05) is 25.1 Å². The minimum Gasteiger partial charge on any atom is -0.479 e. The highest BCUT2D eigenvalue weighted by atomic mass is 16.5. The number of hydrogen-bond acceptors (Lipinski definition) is 4. The maximum absolute atomic E-state index is 12.3. The van der Waals surface area contributed by atoms with Crippen LogP contribution in [0.2, 0.25) is 0 Å². The second-order valence-electron chi connectivity index (χ2n) is 4.75. The maximum atomic E-state index is 12.3. The molecule has 1 unspecified atom stereocenters. The molecule has 1 aliphatic heterocycles. The number of methoxy groups -OCH3 is 1. The molecule has 5 heteroatoms. The fourth-order valence-electron chi connectivity index (χ4n) is 2.25. The average molecular weight is 289 g/mol. The monoisotopic (exact) mass is 289 g/mol. The van der Waals surface area contributed by atoms with Crippen molar-refractivity contribution in [3.05, 3.63) is 35.9 Å². The highest BCUT2D eigenvalue weighted by Crippen LogP contribution is 2.33. The summed E-state index contributed by atoms with van der Waals surface area (Å²) in [6.45, 7) is 3.91.